The molecule has 0 radical (unpaired) electrons. The summed E-state index contributed by atoms with van der Waals surface area (Å²) < 4.78 is 71.3. The van der Waals surface area contributed by atoms with Crippen LogP contribution in [0.5, 0.6) is 0 Å². The van der Waals surface area contributed by atoms with Gasteiger partial charge in [0.25, 0.3) is 4.80 Å². The lowest BCUT2D eigenvalue weighted by Gasteiger charge is -2.17. The number of halogens is 6. The second-order valence-electron chi connectivity index (χ2n) is 2.94. The summed E-state index contributed by atoms with van der Waals surface area (Å²) in [5.41, 5.74) is -1.83. The van der Waals surface area contributed by atoms with Crippen LogP contribution in [0.2, 0.25) is 0 Å². The number of hydrogen-bond acceptors (Lipinski definition) is 4. The Hall–Kier alpha value is -1.19. The molecule has 4 nitrogen and oxygen atoms in total. The SMILES string of the molecule is CCOC(=O)c1oc(Br)nc1C(F)(F)C(F)(F)F. The quantitative estimate of drug-likeness (QED) is 0.627. The van der Waals surface area contributed by atoms with Crippen LogP contribution >= 0.6 is 15.9 Å². The standard InChI is InChI=1S/C8H5BrF5NO3/c1-2-17-5(16)3-4(15-6(9)18-3)7(10,11)8(12,13)14/h2H2,1H3. The molecule has 0 fully saturated rings. The lowest BCUT2D eigenvalue weighted by Crippen LogP contribution is -2.35. The van der Waals surface area contributed by atoms with Gasteiger partial charge in [0.05, 0.1) is 6.61 Å². The number of oxazole rings is 1. The fourth-order valence-electron chi connectivity index (χ4n) is 0.976. The summed E-state index contributed by atoms with van der Waals surface area (Å²) in [5.74, 6) is -8.05. The van der Waals surface area contributed by atoms with Crippen molar-refractivity contribution in [3.8, 4) is 0 Å². The zero-order chi connectivity index (χ0) is 14.1. The first-order valence-corrected chi connectivity index (χ1v) is 5.19. The van der Waals surface area contributed by atoms with Crippen LogP contribution in [0.1, 0.15) is 23.2 Å². The van der Waals surface area contributed by atoms with E-state index in [0.717, 1.165) is 0 Å². The normalized spacial score (nSPS) is 12.6. The average molecular weight is 338 g/mol. The van der Waals surface area contributed by atoms with Crippen LogP contribution in [-0.2, 0) is 10.7 Å². The van der Waals surface area contributed by atoms with E-state index in [0.29, 0.717) is 0 Å². The van der Waals surface area contributed by atoms with Gasteiger partial charge >= 0.3 is 18.1 Å². The van der Waals surface area contributed by atoms with E-state index < -0.39 is 34.3 Å². The van der Waals surface area contributed by atoms with Crippen molar-refractivity contribution in [3.05, 3.63) is 16.3 Å². The molecule has 10 heteroatoms. The first-order chi connectivity index (χ1) is 8.11. The summed E-state index contributed by atoms with van der Waals surface area (Å²) in [6, 6.07) is 0. The Morgan fingerprint density at radius 3 is 2.39 bits per heavy atom. The topological polar surface area (TPSA) is 52.3 Å². The minimum atomic E-state index is -5.90. The van der Waals surface area contributed by atoms with Crippen molar-refractivity contribution in [1.29, 1.82) is 0 Å². The summed E-state index contributed by atoms with van der Waals surface area (Å²) >= 11 is 2.48. The van der Waals surface area contributed by atoms with Crippen LogP contribution in [0.4, 0.5) is 22.0 Å². The van der Waals surface area contributed by atoms with Gasteiger partial charge in [-0.05, 0) is 6.92 Å². The maximum absolute atomic E-state index is 13.1. The molecule has 1 aromatic heterocycles. The Morgan fingerprint density at radius 1 is 1.39 bits per heavy atom. The summed E-state index contributed by atoms with van der Waals surface area (Å²) in [6.07, 6.45) is -5.90. The zero-order valence-electron chi connectivity index (χ0n) is 8.65. The Labute approximate surface area is 105 Å². The molecule has 0 aromatic carbocycles. The summed E-state index contributed by atoms with van der Waals surface area (Å²) in [4.78, 5) is 13.3. The maximum atomic E-state index is 13.1. The molecule has 0 saturated heterocycles. The lowest BCUT2D eigenvalue weighted by molar-refractivity contribution is -0.291. The minimum Gasteiger partial charge on any atom is -0.460 e. The number of ether oxygens (including phenoxy) is 1. The van der Waals surface area contributed by atoms with Gasteiger partial charge in [-0.15, -0.1) is 0 Å². The van der Waals surface area contributed by atoms with Gasteiger partial charge in [0, 0.05) is 15.9 Å². The number of carbonyl (C=O) groups is 1. The highest BCUT2D eigenvalue weighted by Crippen LogP contribution is 2.45. The zero-order valence-corrected chi connectivity index (χ0v) is 10.2. The summed E-state index contributed by atoms with van der Waals surface area (Å²) in [7, 11) is 0. The molecule has 0 N–H and O–H groups in total. The third kappa shape index (κ3) is 2.62. The molecular formula is C8H5BrF5NO3. The Kier molecular flexibility index (Phi) is 3.99. The lowest BCUT2D eigenvalue weighted by atomic mass is 10.2. The van der Waals surface area contributed by atoms with E-state index in [1.54, 1.807) is 0 Å². The van der Waals surface area contributed by atoms with Gasteiger partial charge in [-0.25, -0.2) is 9.78 Å². The molecule has 0 aliphatic carbocycles. The molecule has 0 atom stereocenters. The molecule has 1 aromatic rings. The largest absolute Gasteiger partial charge is 0.460 e. The monoisotopic (exact) mass is 337 g/mol. The van der Waals surface area contributed by atoms with E-state index in [2.05, 4.69) is 30.1 Å². The second-order valence-corrected chi connectivity index (χ2v) is 3.62. The molecule has 0 saturated carbocycles. The van der Waals surface area contributed by atoms with Gasteiger partial charge in [0.15, 0.2) is 5.69 Å². The number of nitrogens with zero attached hydrogens (tertiary/aromatic N) is 1. The highest BCUT2D eigenvalue weighted by atomic mass is 79.9. The van der Waals surface area contributed by atoms with Gasteiger partial charge in [0.1, 0.15) is 0 Å². The second kappa shape index (κ2) is 4.82. The first-order valence-electron chi connectivity index (χ1n) is 4.39. The molecule has 18 heavy (non-hydrogen) atoms. The van der Waals surface area contributed by atoms with Gasteiger partial charge in [-0.1, -0.05) is 0 Å². The number of aromatic nitrogens is 1. The van der Waals surface area contributed by atoms with Crippen molar-refractivity contribution < 1.29 is 35.9 Å². The van der Waals surface area contributed by atoms with Gasteiger partial charge in [0.2, 0.25) is 5.76 Å². The Bertz CT molecular complexity index is 456. The molecule has 0 aliphatic heterocycles. The van der Waals surface area contributed by atoms with Gasteiger partial charge < -0.3 is 9.15 Å². The molecule has 1 heterocycles. The fraction of sp³-hybridized carbons (Fsp3) is 0.500. The van der Waals surface area contributed by atoms with Crippen molar-refractivity contribution in [1.82, 2.24) is 4.98 Å². The van der Waals surface area contributed by atoms with Crippen molar-refractivity contribution in [2.24, 2.45) is 0 Å². The first kappa shape index (κ1) is 14.9. The van der Waals surface area contributed by atoms with Crippen LogP contribution in [-0.4, -0.2) is 23.7 Å². The highest BCUT2D eigenvalue weighted by molar-refractivity contribution is 9.10. The third-order valence-corrected chi connectivity index (χ3v) is 2.05. The maximum Gasteiger partial charge on any atom is 0.459 e. The number of esters is 1. The molecule has 0 unspecified atom stereocenters. The number of alkyl halides is 5. The van der Waals surface area contributed by atoms with E-state index in [9.17, 15) is 26.7 Å². The van der Waals surface area contributed by atoms with Crippen LogP contribution in [0.3, 0.4) is 0 Å². The average Bonchev–Trinajstić information content (AvgIpc) is 2.59. The summed E-state index contributed by atoms with van der Waals surface area (Å²) in [5, 5.41) is 0. The smallest absolute Gasteiger partial charge is 0.459 e. The highest BCUT2D eigenvalue weighted by Gasteiger charge is 2.62. The van der Waals surface area contributed by atoms with Gasteiger partial charge in [-0.3, -0.25) is 0 Å². The van der Waals surface area contributed by atoms with E-state index in [1.165, 1.54) is 6.92 Å². The van der Waals surface area contributed by atoms with E-state index in [4.69, 9.17) is 0 Å². The van der Waals surface area contributed by atoms with Crippen LogP contribution in [0.15, 0.2) is 9.22 Å². The molecule has 0 aliphatic rings. The number of carbonyl (C=O) groups excluding carboxylic acids is 1. The Balaban J connectivity index is 3.29. The molecular weight excluding hydrogens is 333 g/mol. The molecule has 1 rings (SSSR count). The van der Waals surface area contributed by atoms with Gasteiger partial charge in [-0.2, -0.15) is 22.0 Å². The van der Waals surface area contributed by atoms with E-state index in [1.807, 2.05) is 0 Å². The predicted octanol–water partition coefficient (Wildman–Crippen LogP) is 3.27. The van der Waals surface area contributed by atoms with Crippen molar-refractivity contribution in [3.63, 3.8) is 0 Å². The Morgan fingerprint density at radius 2 is 1.94 bits per heavy atom. The van der Waals surface area contributed by atoms with Crippen molar-refractivity contribution in [2.45, 2.75) is 19.0 Å². The molecule has 0 bridgehead atoms. The number of hydrogen-bond donors (Lipinski definition) is 0. The van der Waals surface area contributed by atoms with Crippen LogP contribution in [0.25, 0.3) is 0 Å². The fourth-order valence-corrected chi connectivity index (χ4v) is 1.32. The van der Waals surface area contributed by atoms with Crippen molar-refractivity contribution in [2.75, 3.05) is 6.61 Å². The number of rotatable bonds is 3. The minimum absolute atomic E-state index is 0.214. The van der Waals surface area contributed by atoms with E-state index >= 15 is 0 Å². The van der Waals surface area contributed by atoms with Crippen molar-refractivity contribution >= 4 is 21.9 Å². The van der Waals surface area contributed by atoms with Crippen LogP contribution < -0.4 is 0 Å². The van der Waals surface area contributed by atoms with Crippen LogP contribution in [0, 0.1) is 0 Å². The molecule has 0 spiro atoms. The molecule has 102 valence electrons. The predicted molar refractivity (Wildman–Crippen MR) is 50.1 cm³/mol. The molecule has 0 amide bonds. The summed E-state index contributed by atoms with van der Waals surface area (Å²) in [6.45, 7) is 1.14. The third-order valence-electron chi connectivity index (χ3n) is 1.72. The van der Waals surface area contributed by atoms with E-state index in [-0.39, 0.29) is 6.61 Å².